The number of pyridine rings is 1. The smallest absolute Gasteiger partial charge is 0.140 e. The van der Waals surface area contributed by atoms with Gasteiger partial charge in [0.1, 0.15) is 17.1 Å². The van der Waals surface area contributed by atoms with Crippen molar-refractivity contribution in [3.8, 4) is 11.5 Å². The van der Waals surface area contributed by atoms with E-state index in [4.69, 9.17) is 9.47 Å². The first-order valence-electron chi connectivity index (χ1n) is 6.42. The molecule has 4 nitrogen and oxygen atoms in total. The van der Waals surface area contributed by atoms with Gasteiger partial charge in [0.05, 0.1) is 14.2 Å². The van der Waals surface area contributed by atoms with Gasteiger partial charge < -0.3 is 14.0 Å². The van der Waals surface area contributed by atoms with Crippen LogP contribution in [0, 0.1) is 0 Å². The van der Waals surface area contributed by atoms with Crippen molar-refractivity contribution in [2.24, 2.45) is 0 Å². The van der Waals surface area contributed by atoms with E-state index in [0.29, 0.717) is 0 Å². The summed E-state index contributed by atoms with van der Waals surface area (Å²) in [4.78, 5) is 4.42. The van der Waals surface area contributed by atoms with Crippen molar-refractivity contribution in [3.63, 3.8) is 0 Å². The third-order valence-corrected chi connectivity index (χ3v) is 3.29. The number of benzene rings is 1. The second-order valence-corrected chi connectivity index (χ2v) is 4.58. The maximum Gasteiger partial charge on any atom is 0.140 e. The molecule has 4 heteroatoms. The number of ether oxygens (including phenoxy) is 2. The van der Waals surface area contributed by atoms with Crippen LogP contribution < -0.4 is 9.47 Å². The molecular formula is C16H16N2O2. The van der Waals surface area contributed by atoms with Crippen LogP contribution >= 0.6 is 0 Å². The van der Waals surface area contributed by atoms with E-state index in [1.54, 1.807) is 14.2 Å². The normalized spacial score (nSPS) is 10.7. The van der Waals surface area contributed by atoms with Gasteiger partial charge in [-0.25, -0.2) is 4.98 Å². The monoisotopic (exact) mass is 268 g/mol. The summed E-state index contributed by atoms with van der Waals surface area (Å²) in [5.74, 6) is 1.59. The Balaban J connectivity index is 1.98. The van der Waals surface area contributed by atoms with Crippen LogP contribution in [0.1, 0.15) is 5.56 Å². The van der Waals surface area contributed by atoms with E-state index in [1.165, 1.54) is 0 Å². The van der Waals surface area contributed by atoms with Gasteiger partial charge in [0.25, 0.3) is 0 Å². The summed E-state index contributed by atoms with van der Waals surface area (Å²) in [5.41, 5.74) is 2.10. The molecule has 3 rings (SSSR count). The van der Waals surface area contributed by atoms with Crippen molar-refractivity contribution in [2.75, 3.05) is 14.2 Å². The van der Waals surface area contributed by atoms with Crippen LogP contribution in [0.5, 0.6) is 11.5 Å². The van der Waals surface area contributed by atoms with Gasteiger partial charge in [-0.2, -0.15) is 0 Å². The fraction of sp³-hybridized carbons (Fsp3) is 0.188. The van der Waals surface area contributed by atoms with Crippen molar-refractivity contribution < 1.29 is 9.47 Å². The first-order valence-corrected chi connectivity index (χ1v) is 6.42. The van der Waals surface area contributed by atoms with E-state index in [9.17, 15) is 0 Å². The van der Waals surface area contributed by atoms with Gasteiger partial charge in [0.2, 0.25) is 0 Å². The molecule has 0 unspecified atom stereocenters. The molecule has 0 amide bonds. The number of hydrogen-bond acceptors (Lipinski definition) is 3. The van der Waals surface area contributed by atoms with Gasteiger partial charge in [0.15, 0.2) is 0 Å². The molecule has 0 fully saturated rings. The standard InChI is InChI=1S/C16H16N2O2/c1-19-14-8-12(9-15(10-14)20-2)11-18-7-5-13-4-3-6-17-16(13)18/h3-10H,11H2,1-2H3. The highest BCUT2D eigenvalue weighted by atomic mass is 16.5. The number of hydrogen-bond donors (Lipinski definition) is 0. The molecule has 0 spiro atoms. The Kier molecular flexibility index (Phi) is 3.29. The number of aromatic nitrogens is 2. The maximum absolute atomic E-state index is 5.30. The first kappa shape index (κ1) is 12.5. The molecule has 0 bridgehead atoms. The predicted molar refractivity (Wildman–Crippen MR) is 78.4 cm³/mol. The third-order valence-electron chi connectivity index (χ3n) is 3.29. The summed E-state index contributed by atoms with van der Waals surface area (Å²) in [6.45, 7) is 0.730. The highest BCUT2D eigenvalue weighted by Crippen LogP contribution is 2.24. The Bertz CT molecular complexity index is 712. The Morgan fingerprint density at radius 3 is 2.50 bits per heavy atom. The van der Waals surface area contributed by atoms with Crippen LogP contribution in [-0.4, -0.2) is 23.8 Å². The second-order valence-electron chi connectivity index (χ2n) is 4.58. The number of methoxy groups -OCH3 is 2. The molecule has 0 saturated heterocycles. The summed E-state index contributed by atoms with van der Waals surface area (Å²) >= 11 is 0. The fourth-order valence-corrected chi connectivity index (χ4v) is 2.30. The SMILES string of the molecule is COc1cc(Cn2ccc3cccnc32)cc(OC)c1. The first-order chi connectivity index (χ1) is 9.80. The number of fused-ring (bicyclic) bond motifs is 1. The zero-order valence-electron chi connectivity index (χ0n) is 11.5. The quantitative estimate of drug-likeness (QED) is 0.729. The number of rotatable bonds is 4. The summed E-state index contributed by atoms with van der Waals surface area (Å²) in [7, 11) is 3.32. The molecule has 1 aromatic carbocycles. The van der Waals surface area contributed by atoms with E-state index < -0.39 is 0 Å². The van der Waals surface area contributed by atoms with Crippen LogP contribution in [0.4, 0.5) is 0 Å². The fourth-order valence-electron chi connectivity index (χ4n) is 2.30. The van der Waals surface area contributed by atoms with Crippen molar-refractivity contribution >= 4 is 11.0 Å². The third kappa shape index (κ3) is 2.32. The van der Waals surface area contributed by atoms with Crippen LogP contribution in [0.15, 0.2) is 48.8 Å². The molecule has 3 aromatic rings. The molecule has 0 atom stereocenters. The maximum atomic E-state index is 5.30. The summed E-state index contributed by atoms with van der Waals surface area (Å²) in [6.07, 6.45) is 3.86. The van der Waals surface area contributed by atoms with Gasteiger partial charge in [-0.1, -0.05) is 0 Å². The van der Waals surface area contributed by atoms with Gasteiger partial charge in [-0.3, -0.25) is 0 Å². The lowest BCUT2D eigenvalue weighted by molar-refractivity contribution is 0.393. The number of nitrogens with zero attached hydrogens (tertiary/aromatic N) is 2. The largest absolute Gasteiger partial charge is 0.497 e. The molecular weight excluding hydrogens is 252 g/mol. The average molecular weight is 268 g/mol. The molecule has 0 aliphatic rings. The van der Waals surface area contributed by atoms with Gasteiger partial charge in [-0.15, -0.1) is 0 Å². The lowest BCUT2D eigenvalue weighted by Crippen LogP contribution is -2.00. The van der Waals surface area contributed by atoms with Crippen molar-refractivity contribution in [3.05, 3.63) is 54.4 Å². The van der Waals surface area contributed by atoms with Crippen LogP contribution in [0.2, 0.25) is 0 Å². The van der Waals surface area contributed by atoms with E-state index in [2.05, 4.69) is 21.7 Å². The Hall–Kier alpha value is -2.49. The Morgan fingerprint density at radius 1 is 1.05 bits per heavy atom. The summed E-state index contributed by atoms with van der Waals surface area (Å²) in [6, 6.07) is 12.0. The predicted octanol–water partition coefficient (Wildman–Crippen LogP) is 3.10. The zero-order valence-corrected chi connectivity index (χ0v) is 11.5. The van der Waals surface area contributed by atoms with Gasteiger partial charge in [0, 0.05) is 30.4 Å². The van der Waals surface area contributed by atoms with Crippen LogP contribution in [0.3, 0.4) is 0 Å². The van der Waals surface area contributed by atoms with Gasteiger partial charge in [-0.05, 0) is 35.9 Å². The molecule has 0 N–H and O–H groups in total. The Labute approximate surface area is 117 Å². The van der Waals surface area contributed by atoms with Crippen LogP contribution in [0.25, 0.3) is 11.0 Å². The van der Waals surface area contributed by atoms with Crippen molar-refractivity contribution in [1.29, 1.82) is 0 Å². The van der Waals surface area contributed by atoms with Crippen molar-refractivity contribution in [1.82, 2.24) is 9.55 Å². The lowest BCUT2D eigenvalue weighted by atomic mass is 10.2. The summed E-state index contributed by atoms with van der Waals surface area (Å²) < 4.78 is 12.7. The van der Waals surface area contributed by atoms with Gasteiger partial charge >= 0.3 is 0 Å². The Morgan fingerprint density at radius 2 is 1.80 bits per heavy atom. The van der Waals surface area contributed by atoms with E-state index in [-0.39, 0.29) is 0 Å². The molecule has 2 heterocycles. The topological polar surface area (TPSA) is 36.3 Å². The molecule has 0 aliphatic heterocycles. The van der Waals surface area contributed by atoms with E-state index in [0.717, 1.165) is 34.6 Å². The van der Waals surface area contributed by atoms with E-state index >= 15 is 0 Å². The van der Waals surface area contributed by atoms with E-state index in [1.807, 2.05) is 36.7 Å². The molecule has 0 saturated carbocycles. The average Bonchev–Trinajstić information content (AvgIpc) is 2.90. The molecule has 102 valence electrons. The molecule has 20 heavy (non-hydrogen) atoms. The highest BCUT2D eigenvalue weighted by molar-refractivity contribution is 5.75. The highest BCUT2D eigenvalue weighted by Gasteiger charge is 2.05. The molecule has 0 aliphatic carbocycles. The second kappa shape index (κ2) is 5.25. The minimum atomic E-state index is 0.730. The minimum absolute atomic E-state index is 0.730. The zero-order chi connectivity index (χ0) is 13.9. The molecule has 2 aromatic heterocycles. The summed E-state index contributed by atoms with van der Waals surface area (Å²) in [5, 5.41) is 1.14. The molecule has 0 radical (unpaired) electrons. The minimum Gasteiger partial charge on any atom is -0.497 e. The van der Waals surface area contributed by atoms with Crippen LogP contribution in [-0.2, 0) is 6.54 Å². The lowest BCUT2D eigenvalue weighted by Gasteiger charge is -2.09. The van der Waals surface area contributed by atoms with Crippen molar-refractivity contribution in [2.45, 2.75) is 6.54 Å².